The lowest BCUT2D eigenvalue weighted by Crippen LogP contribution is -2.45. The van der Waals surface area contributed by atoms with Crippen molar-refractivity contribution in [2.24, 2.45) is 0 Å². The van der Waals surface area contributed by atoms with Gasteiger partial charge in [0.1, 0.15) is 5.28 Å². The zero-order valence-electron chi connectivity index (χ0n) is 12.2. The second kappa shape index (κ2) is 8.25. The average Bonchev–Trinajstić information content (AvgIpc) is 2.30. The third-order valence-corrected chi connectivity index (χ3v) is 5.23. The molecule has 0 saturated carbocycles. The summed E-state index contributed by atoms with van der Waals surface area (Å²) >= 11 is 0. The van der Waals surface area contributed by atoms with Crippen molar-refractivity contribution in [2.45, 2.75) is 39.3 Å². The van der Waals surface area contributed by atoms with Crippen molar-refractivity contribution in [1.29, 1.82) is 0 Å². The Morgan fingerprint density at radius 1 is 1.11 bits per heavy atom. The Hall–Kier alpha value is 0.0300. The first-order valence-electron chi connectivity index (χ1n) is 6.06. The van der Waals surface area contributed by atoms with Crippen molar-refractivity contribution in [3.05, 3.63) is 0 Å². The molecule has 0 bridgehead atoms. The molecule has 0 fully saturated rings. The smallest absolute Gasteiger partial charge is 0.349 e. The predicted octanol–water partition coefficient (Wildman–Crippen LogP) is 2.20. The molecule has 0 aliphatic rings. The van der Waals surface area contributed by atoms with E-state index in [-0.39, 0.29) is 0 Å². The molecular formula is C11H26NO5P. The third kappa shape index (κ3) is 4.96. The van der Waals surface area contributed by atoms with Gasteiger partial charge >= 0.3 is 7.60 Å². The van der Waals surface area contributed by atoms with Crippen LogP contribution >= 0.6 is 7.60 Å². The molecule has 18 heavy (non-hydrogen) atoms. The summed E-state index contributed by atoms with van der Waals surface area (Å²) in [7, 11) is -0.123. The second-order valence-corrected chi connectivity index (χ2v) is 6.80. The Labute approximate surface area is 110 Å². The lowest BCUT2D eigenvalue weighted by molar-refractivity contribution is -0.100. The monoisotopic (exact) mass is 283 g/mol. The van der Waals surface area contributed by atoms with Crippen molar-refractivity contribution >= 4 is 7.60 Å². The van der Waals surface area contributed by atoms with Crippen molar-refractivity contribution in [2.75, 3.05) is 34.0 Å². The van der Waals surface area contributed by atoms with Crippen LogP contribution in [0.3, 0.4) is 0 Å². The van der Waals surface area contributed by atoms with Gasteiger partial charge in [-0.3, -0.25) is 9.88 Å². The zero-order chi connectivity index (χ0) is 14.2. The van der Waals surface area contributed by atoms with Crippen LogP contribution in [0.2, 0.25) is 0 Å². The fourth-order valence-electron chi connectivity index (χ4n) is 1.39. The molecule has 0 aromatic rings. The molecule has 0 atom stereocenters. The minimum Gasteiger partial charge on any atom is -0.355 e. The Morgan fingerprint density at radius 2 is 1.56 bits per heavy atom. The molecule has 0 spiro atoms. The maximum Gasteiger partial charge on any atom is 0.349 e. The van der Waals surface area contributed by atoms with Gasteiger partial charge in [-0.15, -0.1) is 0 Å². The van der Waals surface area contributed by atoms with Gasteiger partial charge in [0.2, 0.25) is 0 Å². The minimum absolute atomic E-state index is 0.334. The van der Waals surface area contributed by atoms with Crippen molar-refractivity contribution in [1.82, 2.24) is 5.32 Å². The van der Waals surface area contributed by atoms with Crippen LogP contribution in [-0.4, -0.2) is 45.5 Å². The van der Waals surface area contributed by atoms with E-state index in [9.17, 15) is 4.57 Å². The van der Waals surface area contributed by atoms with Crippen LogP contribution in [0.1, 0.15) is 27.7 Å². The maximum atomic E-state index is 12.6. The zero-order valence-corrected chi connectivity index (χ0v) is 13.1. The van der Waals surface area contributed by atoms with Gasteiger partial charge in [0.15, 0.2) is 6.29 Å². The summed E-state index contributed by atoms with van der Waals surface area (Å²) < 4.78 is 33.4. The van der Waals surface area contributed by atoms with Gasteiger partial charge in [0.05, 0.1) is 13.2 Å². The van der Waals surface area contributed by atoms with Crippen LogP contribution in [0, 0.1) is 0 Å². The molecule has 6 nitrogen and oxygen atoms in total. The fourth-order valence-corrected chi connectivity index (χ4v) is 3.08. The van der Waals surface area contributed by atoms with Gasteiger partial charge in [-0.05, 0) is 27.7 Å². The van der Waals surface area contributed by atoms with Crippen LogP contribution in [0.15, 0.2) is 0 Å². The molecule has 0 aliphatic carbocycles. The fraction of sp³-hybridized carbons (Fsp3) is 1.00. The summed E-state index contributed by atoms with van der Waals surface area (Å²) in [4.78, 5) is 0. The molecule has 0 aromatic carbocycles. The van der Waals surface area contributed by atoms with E-state index in [1.54, 1.807) is 41.9 Å². The molecule has 7 heteroatoms. The number of ether oxygens (including phenoxy) is 2. The molecule has 0 rings (SSSR count). The lowest BCUT2D eigenvalue weighted by atomic mass is 10.4. The van der Waals surface area contributed by atoms with Gasteiger partial charge in [-0.2, -0.15) is 0 Å². The summed E-state index contributed by atoms with van der Waals surface area (Å²) in [5.74, 6) is 0. The molecule has 0 amide bonds. The Morgan fingerprint density at radius 3 is 1.89 bits per heavy atom. The summed E-state index contributed by atoms with van der Waals surface area (Å²) in [6.07, 6.45) is -0.402. The van der Waals surface area contributed by atoms with E-state index in [1.807, 2.05) is 0 Å². The van der Waals surface area contributed by atoms with E-state index in [4.69, 9.17) is 18.5 Å². The van der Waals surface area contributed by atoms with E-state index in [0.717, 1.165) is 0 Å². The summed E-state index contributed by atoms with van der Waals surface area (Å²) in [5, 5.41) is 2.30. The second-order valence-electron chi connectivity index (χ2n) is 4.17. The molecule has 0 aromatic heterocycles. The first-order valence-corrected chi connectivity index (χ1v) is 7.61. The standard InChI is InChI=1S/C11H26NO5P/c1-7-16-18(13,17-8-2)11(3,4)12-9-10(14-5)15-6/h10,12H,7-9H2,1-6H3. The van der Waals surface area contributed by atoms with Crippen LogP contribution in [-0.2, 0) is 23.1 Å². The molecular weight excluding hydrogens is 257 g/mol. The number of hydrogen-bond acceptors (Lipinski definition) is 6. The quantitative estimate of drug-likeness (QED) is 0.490. The SMILES string of the molecule is CCOP(=O)(OCC)C(C)(C)NCC(OC)OC. The van der Waals surface area contributed by atoms with Crippen LogP contribution in [0.25, 0.3) is 0 Å². The van der Waals surface area contributed by atoms with E-state index in [1.165, 1.54) is 0 Å². The Bertz CT molecular complexity index is 258. The summed E-state index contributed by atoms with van der Waals surface area (Å²) in [6, 6.07) is 0. The van der Waals surface area contributed by atoms with Crippen molar-refractivity contribution in [3.63, 3.8) is 0 Å². The molecule has 0 radical (unpaired) electrons. The Balaban J connectivity index is 4.68. The van der Waals surface area contributed by atoms with Gasteiger partial charge in [0.25, 0.3) is 0 Å². The van der Waals surface area contributed by atoms with Crippen molar-refractivity contribution < 1.29 is 23.1 Å². The highest BCUT2D eigenvalue weighted by Crippen LogP contribution is 2.58. The first kappa shape index (κ1) is 18.0. The topological polar surface area (TPSA) is 66.0 Å². The van der Waals surface area contributed by atoms with Gasteiger partial charge in [-0.25, -0.2) is 0 Å². The van der Waals surface area contributed by atoms with Crippen LogP contribution in [0.4, 0.5) is 0 Å². The molecule has 0 unspecified atom stereocenters. The van der Waals surface area contributed by atoms with Crippen molar-refractivity contribution in [3.8, 4) is 0 Å². The van der Waals surface area contributed by atoms with Crippen LogP contribution in [0.5, 0.6) is 0 Å². The highest BCUT2D eigenvalue weighted by Gasteiger charge is 2.43. The number of rotatable bonds is 10. The van der Waals surface area contributed by atoms with E-state index in [2.05, 4.69) is 5.32 Å². The van der Waals surface area contributed by atoms with Gasteiger partial charge < -0.3 is 18.5 Å². The third-order valence-electron chi connectivity index (χ3n) is 2.51. The normalized spacial score (nSPS) is 13.3. The molecule has 0 aliphatic heterocycles. The molecule has 0 heterocycles. The summed E-state index contributed by atoms with van der Waals surface area (Å²) in [5.41, 5.74) is 0. The Kier molecular flexibility index (Phi) is 8.26. The number of hydrogen-bond donors (Lipinski definition) is 1. The number of methoxy groups -OCH3 is 2. The summed E-state index contributed by atoms with van der Waals surface area (Å²) in [6.45, 7) is 8.19. The van der Waals surface area contributed by atoms with E-state index < -0.39 is 19.2 Å². The van der Waals surface area contributed by atoms with Gasteiger partial charge in [0, 0.05) is 20.8 Å². The van der Waals surface area contributed by atoms with Crippen LogP contribution < -0.4 is 5.32 Å². The molecule has 110 valence electrons. The molecule has 1 N–H and O–H groups in total. The highest BCUT2D eigenvalue weighted by atomic mass is 31.2. The average molecular weight is 283 g/mol. The first-order chi connectivity index (χ1) is 8.36. The number of nitrogens with one attached hydrogen (secondary N) is 1. The molecule has 0 saturated heterocycles. The lowest BCUT2D eigenvalue weighted by Gasteiger charge is -2.34. The maximum absolute atomic E-state index is 12.6. The largest absolute Gasteiger partial charge is 0.355 e. The van der Waals surface area contributed by atoms with Gasteiger partial charge in [-0.1, -0.05) is 0 Å². The minimum atomic E-state index is -3.22. The van der Waals surface area contributed by atoms with E-state index >= 15 is 0 Å². The highest BCUT2D eigenvalue weighted by molar-refractivity contribution is 7.55. The van der Waals surface area contributed by atoms with E-state index in [0.29, 0.717) is 19.8 Å². The predicted molar refractivity (Wildman–Crippen MR) is 70.7 cm³/mol.